The molecule has 0 aliphatic heterocycles. The number of nitrogens with two attached hydrogens (primary N) is 1. The number of hydrogen-bond donors (Lipinski definition) is 1. The zero-order chi connectivity index (χ0) is 10.2. The molecule has 1 nitrogen and oxygen atoms in total. The number of hydrogen-bond acceptors (Lipinski definition) is 1. The number of rotatable bonds is 2. The Bertz CT molecular complexity index is 325. The molecule has 0 bridgehead atoms. The summed E-state index contributed by atoms with van der Waals surface area (Å²) in [6.07, 6.45) is 8.92. The van der Waals surface area contributed by atoms with Crippen molar-refractivity contribution in [1.82, 2.24) is 0 Å². The van der Waals surface area contributed by atoms with E-state index in [1.54, 1.807) is 6.20 Å². The molecule has 0 aromatic rings. The van der Waals surface area contributed by atoms with E-state index in [0.29, 0.717) is 11.3 Å². The van der Waals surface area contributed by atoms with Crippen molar-refractivity contribution in [3.05, 3.63) is 29.2 Å². The highest BCUT2D eigenvalue weighted by molar-refractivity contribution is 5.25. The Kier molecular flexibility index (Phi) is 2.28. The zero-order valence-electron chi connectivity index (χ0n) is 9.14. The van der Waals surface area contributed by atoms with Crippen molar-refractivity contribution in [2.75, 3.05) is 0 Å². The molecule has 1 heteroatoms. The molecule has 1 saturated carbocycles. The van der Waals surface area contributed by atoms with E-state index in [9.17, 15) is 0 Å². The third-order valence-electron chi connectivity index (χ3n) is 3.69. The summed E-state index contributed by atoms with van der Waals surface area (Å²) < 4.78 is 0. The molecule has 2 N–H and O–H groups in total. The highest BCUT2D eigenvalue weighted by atomic mass is 14.5. The maximum atomic E-state index is 5.41. The fraction of sp³-hybridized carbons (Fsp3) is 0.615. The molecule has 0 radical (unpaired) electrons. The van der Waals surface area contributed by atoms with Gasteiger partial charge in [-0.25, -0.2) is 0 Å². The maximum absolute atomic E-state index is 5.41. The lowest BCUT2D eigenvalue weighted by Crippen LogP contribution is -2.20. The Hall–Kier alpha value is -0.940. The first kappa shape index (κ1) is 9.61. The van der Waals surface area contributed by atoms with E-state index in [-0.39, 0.29) is 0 Å². The molecule has 0 heterocycles. The molecule has 1 atom stereocenters. The van der Waals surface area contributed by atoms with Crippen LogP contribution in [0.3, 0.4) is 0 Å². The van der Waals surface area contributed by atoms with Crippen molar-refractivity contribution < 1.29 is 0 Å². The molecule has 1 spiro atoms. The summed E-state index contributed by atoms with van der Waals surface area (Å²) in [5.74, 6) is 0.700. The van der Waals surface area contributed by atoms with Gasteiger partial charge in [0.2, 0.25) is 0 Å². The fourth-order valence-electron chi connectivity index (χ4n) is 2.91. The van der Waals surface area contributed by atoms with E-state index in [0.717, 1.165) is 6.42 Å². The van der Waals surface area contributed by atoms with E-state index in [4.69, 9.17) is 5.73 Å². The molecule has 0 saturated heterocycles. The van der Waals surface area contributed by atoms with Crippen LogP contribution in [0.5, 0.6) is 0 Å². The Labute approximate surface area is 86.4 Å². The van der Waals surface area contributed by atoms with Gasteiger partial charge >= 0.3 is 0 Å². The molecule has 2 rings (SSSR count). The monoisotopic (exact) mass is 189 g/mol. The average molecular weight is 189 g/mol. The lowest BCUT2D eigenvalue weighted by molar-refractivity contribution is 0.343. The van der Waals surface area contributed by atoms with Gasteiger partial charge in [0, 0.05) is 0 Å². The van der Waals surface area contributed by atoms with Crippen LogP contribution in [0.4, 0.5) is 0 Å². The van der Waals surface area contributed by atoms with Crippen molar-refractivity contribution in [1.29, 1.82) is 0 Å². The Morgan fingerprint density at radius 3 is 2.79 bits per heavy atom. The first-order chi connectivity index (χ1) is 6.68. The van der Waals surface area contributed by atoms with Crippen LogP contribution in [-0.4, -0.2) is 0 Å². The van der Waals surface area contributed by atoms with Gasteiger partial charge in [0.1, 0.15) is 0 Å². The second-order valence-corrected chi connectivity index (χ2v) is 4.84. The van der Waals surface area contributed by atoms with Gasteiger partial charge in [-0.15, -0.1) is 5.73 Å². The highest BCUT2D eigenvalue weighted by Crippen LogP contribution is 2.60. The fourth-order valence-corrected chi connectivity index (χ4v) is 2.91. The first-order valence-electron chi connectivity index (χ1n) is 5.47. The van der Waals surface area contributed by atoms with Crippen molar-refractivity contribution in [2.24, 2.45) is 17.1 Å². The Morgan fingerprint density at radius 2 is 2.21 bits per heavy atom. The molecule has 2 aliphatic rings. The lowest BCUT2D eigenvalue weighted by atomic mass is 9.75. The topological polar surface area (TPSA) is 26.0 Å². The smallest absolute Gasteiger partial charge is 0.00348 e. The highest BCUT2D eigenvalue weighted by Gasteiger charge is 2.50. The number of allylic oxidation sites excluding steroid dienone is 2. The summed E-state index contributed by atoms with van der Waals surface area (Å²) in [6, 6.07) is 0. The molecule has 1 unspecified atom stereocenters. The van der Waals surface area contributed by atoms with E-state index in [1.165, 1.54) is 30.4 Å². The van der Waals surface area contributed by atoms with Crippen molar-refractivity contribution in [2.45, 2.75) is 39.5 Å². The van der Waals surface area contributed by atoms with Crippen LogP contribution in [0, 0.1) is 11.3 Å². The summed E-state index contributed by atoms with van der Waals surface area (Å²) in [7, 11) is 0. The normalized spacial score (nSPS) is 29.1. The predicted molar refractivity (Wildman–Crippen MR) is 59.6 cm³/mol. The van der Waals surface area contributed by atoms with Gasteiger partial charge in [-0.2, -0.15) is 0 Å². The van der Waals surface area contributed by atoms with Crippen LogP contribution in [0.2, 0.25) is 0 Å². The SMILES string of the molecule is CC1=C=C(C)C(C/C=C\N)C2(CC2)C1. The second-order valence-electron chi connectivity index (χ2n) is 4.84. The van der Waals surface area contributed by atoms with Gasteiger partial charge in [0.05, 0.1) is 0 Å². The summed E-state index contributed by atoms with van der Waals surface area (Å²) in [6.45, 7) is 4.43. The van der Waals surface area contributed by atoms with Crippen molar-refractivity contribution in [3.63, 3.8) is 0 Å². The molecule has 1 fully saturated rings. The lowest BCUT2D eigenvalue weighted by Gasteiger charge is -2.29. The second kappa shape index (κ2) is 3.33. The van der Waals surface area contributed by atoms with Gasteiger partial charge in [-0.05, 0) is 68.2 Å². The molecule has 0 aromatic carbocycles. The minimum absolute atomic E-state index is 0.596. The molecular formula is C13H19N. The van der Waals surface area contributed by atoms with Crippen LogP contribution in [0.25, 0.3) is 0 Å². The van der Waals surface area contributed by atoms with Gasteiger partial charge < -0.3 is 5.73 Å². The first-order valence-corrected chi connectivity index (χ1v) is 5.47. The van der Waals surface area contributed by atoms with Crippen molar-refractivity contribution >= 4 is 0 Å². The van der Waals surface area contributed by atoms with Crippen LogP contribution in [-0.2, 0) is 0 Å². The van der Waals surface area contributed by atoms with Gasteiger partial charge in [0.25, 0.3) is 0 Å². The summed E-state index contributed by atoms with van der Waals surface area (Å²) in [4.78, 5) is 0. The van der Waals surface area contributed by atoms with E-state index in [1.807, 2.05) is 0 Å². The molecule has 76 valence electrons. The van der Waals surface area contributed by atoms with Gasteiger partial charge in [0.15, 0.2) is 0 Å². The third-order valence-corrected chi connectivity index (χ3v) is 3.69. The van der Waals surface area contributed by atoms with Crippen LogP contribution < -0.4 is 5.73 Å². The molecule has 0 amide bonds. The van der Waals surface area contributed by atoms with Crippen LogP contribution >= 0.6 is 0 Å². The van der Waals surface area contributed by atoms with E-state index in [2.05, 4.69) is 25.7 Å². The Morgan fingerprint density at radius 1 is 1.50 bits per heavy atom. The van der Waals surface area contributed by atoms with Crippen LogP contribution in [0.15, 0.2) is 29.2 Å². The molecule has 0 aromatic heterocycles. The molecule has 2 aliphatic carbocycles. The molecule has 14 heavy (non-hydrogen) atoms. The standard InChI is InChI=1S/C13H19N/c1-10-8-11(2)12(4-3-7-14)13(9-10)5-6-13/h3,7,12H,4-6,9,14H2,1-2H3/b7-3-. The van der Waals surface area contributed by atoms with Gasteiger partial charge in [-0.1, -0.05) is 6.08 Å². The maximum Gasteiger partial charge on any atom is -0.00348 e. The van der Waals surface area contributed by atoms with E-state index >= 15 is 0 Å². The minimum atomic E-state index is 0.596. The summed E-state index contributed by atoms with van der Waals surface area (Å²) >= 11 is 0. The largest absolute Gasteiger partial charge is 0.405 e. The quantitative estimate of drug-likeness (QED) is 0.663. The Balaban J connectivity index is 2.23. The summed E-state index contributed by atoms with van der Waals surface area (Å²) in [5.41, 5.74) is 12.4. The minimum Gasteiger partial charge on any atom is -0.405 e. The average Bonchev–Trinajstić information content (AvgIpc) is 2.84. The van der Waals surface area contributed by atoms with Crippen LogP contribution in [0.1, 0.15) is 39.5 Å². The predicted octanol–water partition coefficient (Wildman–Crippen LogP) is 3.14. The van der Waals surface area contributed by atoms with Gasteiger partial charge in [-0.3, -0.25) is 0 Å². The summed E-state index contributed by atoms with van der Waals surface area (Å²) in [5, 5.41) is 0. The van der Waals surface area contributed by atoms with Crippen molar-refractivity contribution in [3.8, 4) is 0 Å². The molecular weight excluding hydrogens is 170 g/mol. The zero-order valence-corrected chi connectivity index (χ0v) is 9.14. The van der Waals surface area contributed by atoms with E-state index < -0.39 is 0 Å². The third kappa shape index (κ3) is 1.53.